The fourth-order valence-corrected chi connectivity index (χ4v) is 4.25. The van der Waals surface area contributed by atoms with Gasteiger partial charge in [0, 0.05) is 17.2 Å². The highest BCUT2D eigenvalue weighted by molar-refractivity contribution is 8.13. The summed E-state index contributed by atoms with van der Waals surface area (Å²) in [6.07, 6.45) is 0. The van der Waals surface area contributed by atoms with Crippen LogP contribution in [-0.4, -0.2) is 25.3 Å². The monoisotopic (exact) mass is 605 g/mol. The molecule has 3 rings (SSSR count). The van der Waals surface area contributed by atoms with E-state index in [-0.39, 0.29) is 38.2 Å². The van der Waals surface area contributed by atoms with Gasteiger partial charge in [-0.15, -0.1) is 12.4 Å². The molecule has 0 fully saturated rings. The Labute approximate surface area is 226 Å². The molecule has 3 aromatic rings. The zero-order chi connectivity index (χ0) is 27.6. The molecular formula is C21H21Cl2N5O6S3. The molecule has 0 spiro atoms. The van der Waals surface area contributed by atoms with Gasteiger partial charge in [-0.1, -0.05) is 24.3 Å². The van der Waals surface area contributed by atoms with Crippen molar-refractivity contribution in [1.82, 2.24) is 0 Å². The van der Waals surface area contributed by atoms with Crippen molar-refractivity contribution < 1.29 is 25.3 Å². The first kappa shape index (κ1) is 34.0. The van der Waals surface area contributed by atoms with E-state index in [1.807, 2.05) is 12.1 Å². The zero-order valence-corrected chi connectivity index (χ0v) is 22.7. The van der Waals surface area contributed by atoms with Gasteiger partial charge in [0.1, 0.15) is 0 Å². The lowest BCUT2D eigenvalue weighted by molar-refractivity contribution is 0.596. The van der Waals surface area contributed by atoms with Gasteiger partial charge in [0.05, 0.1) is 38.0 Å². The maximum Gasteiger partial charge on any atom is 0.261 e. The first-order valence-corrected chi connectivity index (χ1v) is 14.8. The first-order valence-electron chi connectivity index (χ1n) is 9.41. The van der Waals surface area contributed by atoms with Crippen LogP contribution in [0.5, 0.6) is 0 Å². The molecule has 0 atom stereocenters. The molecule has 11 nitrogen and oxygen atoms in total. The van der Waals surface area contributed by atoms with Gasteiger partial charge in [0.25, 0.3) is 9.05 Å². The molecule has 0 aliphatic heterocycles. The fraction of sp³-hybridized carbons (Fsp3) is 0.0476. The average molecular weight is 607 g/mol. The van der Waals surface area contributed by atoms with Crippen molar-refractivity contribution in [2.75, 3.05) is 0 Å². The molecule has 0 radical (unpaired) electrons. The number of primary sulfonamides is 2. The molecule has 0 aliphatic carbocycles. The molecule has 0 heterocycles. The van der Waals surface area contributed by atoms with Crippen LogP contribution >= 0.6 is 23.1 Å². The van der Waals surface area contributed by atoms with E-state index in [0.29, 0.717) is 6.54 Å². The summed E-state index contributed by atoms with van der Waals surface area (Å²) in [6.45, 7) is 0.309. The molecule has 0 unspecified atom stereocenters. The van der Waals surface area contributed by atoms with Crippen LogP contribution in [0.3, 0.4) is 0 Å². The molecule has 0 saturated carbocycles. The average Bonchev–Trinajstić information content (AvgIpc) is 2.83. The lowest BCUT2D eigenvalue weighted by Crippen LogP contribution is -2.12. The Kier molecular flexibility index (Phi) is 13.4. The molecular weight excluding hydrogens is 585 g/mol. The predicted octanol–water partition coefficient (Wildman–Crippen LogP) is 1.91. The van der Waals surface area contributed by atoms with Crippen LogP contribution in [0, 0.1) is 22.7 Å². The predicted molar refractivity (Wildman–Crippen MR) is 140 cm³/mol. The second kappa shape index (κ2) is 14.6. The molecule has 0 aliphatic rings. The number of nitrogens with two attached hydrogens (primary N) is 3. The molecule has 0 aromatic heterocycles. The first-order chi connectivity index (χ1) is 16.6. The molecule has 0 amide bonds. The second-order valence-electron chi connectivity index (χ2n) is 6.66. The summed E-state index contributed by atoms with van der Waals surface area (Å²) in [7, 11) is -5.94. The second-order valence-corrected chi connectivity index (χ2v) is 12.3. The summed E-state index contributed by atoms with van der Waals surface area (Å²) in [5, 5.41) is 26.6. The van der Waals surface area contributed by atoms with E-state index in [1.54, 1.807) is 12.1 Å². The highest BCUT2D eigenvalue weighted by atomic mass is 35.7. The van der Waals surface area contributed by atoms with Gasteiger partial charge in [-0.25, -0.2) is 35.5 Å². The highest BCUT2D eigenvalue weighted by Gasteiger charge is 2.09. The van der Waals surface area contributed by atoms with Gasteiger partial charge in [0.2, 0.25) is 20.0 Å². The Morgan fingerprint density at radius 1 is 0.676 bits per heavy atom. The Balaban J connectivity index is 0.000000518. The summed E-state index contributed by atoms with van der Waals surface area (Å²) in [5.41, 5.74) is 6.63. The SMILES string of the molecule is Cl.N#Cc1cccc(S(=O)(=O)Cl)c1.N#Cc1cccc(S(N)(=O)=O)c1.NCc1cccc(S(N)(=O)=O)c1. The van der Waals surface area contributed by atoms with Crippen LogP contribution < -0.4 is 16.0 Å². The zero-order valence-electron chi connectivity index (χ0n) is 18.7. The normalized spacial score (nSPS) is 10.6. The summed E-state index contributed by atoms with van der Waals surface area (Å²) >= 11 is 0. The van der Waals surface area contributed by atoms with Crippen LogP contribution in [0.25, 0.3) is 0 Å². The molecule has 6 N–H and O–H groups in total. The number of benzene rings is 3. The van der Waals surface area contributed by atoms with E-state index in [2.05, 4.69) is 0 Å². The minimum Gasteiger partial charge on any atom is -0.326 e. The van der Waals surface area contributed by atoms with Gasteiger partial charge < -0.3 is 5.73 Å². The number of nitrogens with zero attached hydrogens (tertiary/aromatic N) is 2. The third kappa shape index (κ3) is 12.2. The Morgan fingerprint density at radius 2 is 1.05 bits per heavy atom. The van der Waals surface area contributed by atoms with Crippen molar-refractivity contribution in [2.24, 2.45) is 16.0 Å². The van der Waals surface area contributed by atoms with Gasteiger partial charge >= 0.3 is 0 Å². The van der Waals surface area contributed by atoms with Gasteiger partial charge in [-0.05, 0) is 54.1 Å². The fourth-order valence-electron chi connectivity index (χ4n) is 2.31. The van der Waals surface area contributed by atoms with Crippen molar-refractivity contribution in [1.29, 1.82) is 10.5 Å². The van der Waals surface area contributed by atoms with E-state index < -0.39 is 29.1 Å². The number of sulfonamides is 2. The third-order valence-corrected chi connectivity index (χ3v) is 7.17. The van der Waals surface area contributed by atoms with Gasteiger partial charge in [-0.3, -0.25) is 0 Å². The van der Waals surface area contributed by atoms with Crippen molar-refractivity contribution in [3.05, 3.63) is 89.5 Å². The third-order valence-electron chi connectivity index (χ3n) is 4.00. The Hall–Kier alpha value is -3.05. The summed E-state index contributed by atoms with van der Waals surface area (Å²) in [4.78, 5) is 0.00946. The number of halogens is 2. The van der Waals surface area contributed by atoms with E-state index in [1.165, 1.54) is 60.7 Å². The molecule has 3 aromatic carbocycles. The summed E-state index contributed by atoms with van der Waals surface area (Å²) < 4.78 is 64.7. The van der Waals surface area contributed by atoms with Crippen LogP contribution in [0.4, 0.5) is 0 Å². The maximum atomic E-state index is 10.8. The van der Waals surface area contributed by atoms with Crippen molar-refractivity contribution in [3.63, 3.8) is 0 Å². The van der Waals surface area contributed by atoms with Crippen LogP contribution in [0.15, 0.2) is 87.5 Å². The summed E-state index contributed by atoms with van der Waals surface area (Å²) in [5.74, 6) is 0. The number of rotatable bonds is 4. The highest BCUT2D eigenvalue weighted by Crippen LogP contribution is 2.15. The van der Waals surface area contributed by atoms with Crippen molar-refractivity contribution in [3.8, 4) is 12.1 Å². The summed E-state index contributed by atoms with van der Waals surface area (Å²) in [6, 6.07) is 21.0. The largest absolute Gasteiger partial charge is 0.326 e. The van der Waals surface area contributed by atoms with Gasteiger partial charge in [-0.2, -0.15) is 10.5 Å². The van der Waals surface area contributed by atoms with E-state index in [4.69, 9.17) is 37.2 Å². The Bertz CT molecular complexity index is 1550. The number of hydrogen-bond acceptors (Lipinski definition) is 9. The smallest absolute Gasteiger partial charge is 0.261 e. The quantitative estimate of drug-likeness (QED) is 0.368. The van der Waals surface area contributed by atoms with Crippen molar-refractivity contribution >= 4 is 52.2 Å². The van der Waals surface area contributed by atoms with Crippen molar-refractivity contribution in [2.45, 2.75) is 21.2 Å². The van der Waals surface area contributed by atoms with E-state index in [0.717, 1.165) is 5.56 Å². The maximum absolute atomic E-state index is 10.8. The Morgan fingerprint density at radius 3 is 1.43 bits per heavy atom. The van der Waals surface area contributed by atoms with Crippen LogP contribution in [0.1, 0.15) is 16.7 Å². The van der Waals surface area contributed by atoms with Crippen LogP contribution in [-0.2, 0) is 35.6 Å². The van der Waals surface area contributed by atoms with E-state index in [9.17, 15) is 25.3 Å². The minimum absolute atomic E-state index is 0. The molecule has 16 heteroatoms. The molecule has 198 valence electrons. The number of nitriles is 2. The molecule has 37 heavy (non-hydrogen) atoms. The molecule has 0 saturated heterocycles. The van der Waals surface area contributed by atoms with E-state index >= 15 is 0 Å². The standard InChI is InChI=1S/C7H4ClNO2S.C7H10N2O2S.C7H6N2O2S.ClH/c8-12(10,11)7-3-1-2-6(4-7)5-9;2*8-5-6-2-1-3-7(4-6)12(9,10)11;/h1-4H;1-4H,5,8H2,(H2,9,10,11);1-4H,(H2,9,10,11);1H. The molecule has 0 bridgehead atoms. The topological polar surface area (TPSA) is 228 Å². The number of hydrogen-bond donors (Lipinski definition) is 3. The lowest BCUT2D eigenvalue weighted by atomic mass is 10.2. The minimum atomic E-state index is -3.71. The van der Waals surface area contributed by atoms with Gasteiger partial charge in [0.15, 0.2) is 0 Å². The lowest BCUT2D eigenvalue weighted by Gasteiger charge is -1.99. The van der Waals surface area contributed by atoms with Crippen LogP contribution in [0.2, 0.25) is 0 Å².